The molecule has 0 spiro atoms. The Morgan fingerprint density at radius 1 is 1.73 bits per heavy atom. The van der Waals surface area contributed by atoms with Gasteiger partial charge in [-0.25, -0.2) is 0 Å². The van der Waals surface area contributed by atoms with E-state index in [1.807, 2.05) is 0 Å². The zero-order valence-electron chi connectivity index (χ0n) is 9.09. The van der Waals surface area contributed by atoms with E-state index in [-0.39, 0.29) is 5.91 Å². The van der Waals surface area contributed by atoms with Crippen LogP contribution in [-0.2, 0) is 0 Å². The molecule has 1 aromatic heterocycles. The van der Waals surface area contributed by atoms with Crippen LogP contribution in [0.1, 0.15) is 29.9 Å². The number of aromatic nitrogens is 2. The second-order valence-corrected chi connectivity index (χ2v) is 4.09. The molecule has 1 amide bonds. The normalized spacial score (nSPS) is 10.8. The van der Waals surface area contributed by atoms with Crippen molar-refractivity contribution in [3.05, 3.63) is 17.5 Å². The molecule has 15 heavy (non-hydrogen) atoms. The summed E-state index contributed by atoms with van der Waals surface area (Å²) in [4.78, 5) is 11.6. The average molecular weight is 206 g/mol. The molecule has 1 rings (SSSR count). The minimum absolute atomic E-state index is 0.204. The fourth-order valence-electron chi connectivity index (χ4n) is 1.02. The molecule has 0 aliphatic rings. The second-order valence-electron chi connectivity index (χ2n) is 4.09. The van der Waals surface area contributed by atoms with Crippen molar-refractivity contribution >= 4 is 5.91 Å². The molecule has 0 bridgehead atoms. The molecule has 0 fully saturated rings. The minimum atomic E-state index is -0.548. The molecule has 80 valence electrons. The molecule has 5 heteroatoms. The van der Waals surface area contributed by atoms with Crippen molar-refractivity contribution in [1.29, 1.82) is 5.26 Å². The number of carbonyl (C=O) groups excluding carboxylic acids is 1. The van der Waals surface area contributed by atoms with Crippen LogP contribution in [0.4, 0.5) is 0 Å². The van der Waals surface area contributed by atoms with Gasteiger partial charge >= 0.3 is 0 Å². The Morgan fingerprint density at radius 3 is 2.87 bits per heavy atom. The standard InChI is InChI=1S/C10H14N4O/c1-7-8(4-13-14-7)9(15)12-6-10(2,3)5-11/h4H,6H2,1-3H3,(H,12,15)(H,13,14). The molecule has 0 aliphatic heterocycles. The van der Waals surface area contributed by atoms with Gasteiger partial charge in [-0.15, -0.1) is 0 Å². The van der Waals surface area contributed by atoms with Gasteiger partial charge in [-0.05, 0) is 20.8 Å². The number of aryl methyl sites for hydroxylation is 1. The summed E-state index contributed by atoms with van der Waals surface area (Å²) in [5.41, 5.74) is 0.693. The van der Waals surface area contributed by atoms with E-state index in [0.717, 1.165) is 5.69 Å². The maximum Gasteiger partial charge on any atom is 0.254 e. The van der Waals surface area contributed by atoms with Crippen molar-refractivity contribution in [3.8, 4) is 6.07 Å². The molecule has 0 unspecified atom stereocenters. The number of carbonyl (C=O) groups is 1. The summed E-state index contributed by atoms with van der Waals surface area (Å²) < 4.78 is 0. The third kappa shape index (κ3) is 2.81. The molecular weight excluding hydrogens is 192 g/mol. The van der Waals surface area contributed by atoms with Crippen LogP contribution in [0.15, 0.2) is 6.20 Å². The molecular formula is C10H14N4O. The van der Waals surface area contributed by atoms with E-state index in [2.05, 4.69) is 21.6 Å². The van der Waals surface area contributed by atoms with Crippen molar-refractivity contribution in [2.24, 2.45) is 5.41 Å². The summed E-state index contributed by atoms with van der Waals surface area (Å²) >= 11 is 0. The van der Waals surface area contributed by atoms with Crippen LogP contribution in [0.5, 0.6) is 0 Å². The Labute approximate surface area is 88.5 Å². The molecule has 2 N–H and O–H groups in total. The lowest BCUT2D eigenvalue weighted by molar-refractivity contribution is 0.0943. The topological polar surface area (TPSA) is 81.6 Å². The number of nitrogens with zero attached hydrogens (tertiary/aromatic N) is 2. The summed E-state index contributed by atoms with van der Waals surface area (Å²) in [6.07, 6.45) is 1.48. The fourth-order valence-corrected chi connectivity index (χ4v) is 1.02. The fraction of sp³-hybridized carbons (Fsp3) is 0.500. The number of nitrogens with one attached hydrogen (secondary N) is 2. The smallest absolute Gasteiger partial charge is 0.254 e. The number of hydrogen-bond acceptors (Lipinski definition) is 3. The van der Waals surface area contributed by atoms with E-state index < -0.39 is 5.41 Å². The van der Waals surface area contributed by atoms with Crippen molar-refractivity contribution < 1.29 is 4.79 Å². The van der Waals surface area contributed by atoms with E-state index >= 15 is 0 Å². The van der Waals surface area contributed by atoms with Gasteiger partial charge in [0.1, 0.15) is 0 Å². The van der Waals surface area contributed by atoms with Crippen molar-refractivity contribution in [2.75, 3.05) is 6.54 Å². The van der Waals surface area contributed by atoms with E-state index in [9.17, 15) is 4.79 Å². The van der Waals surface area contributed by atoms with E-state index in [0.29, 0.717) is 12.1 Å². The molecule has 0 saturated carbocycles. The van der Waals surface area contributed by atoms with Crippen LogP contribution in [0, 0.1) is 23.7 Å². The minimum Gasteiger partial charge on any atom is -0.350 e. The summed E-state index contributed by atoms with van der Waals surface area (Å²) in [6, 6.07) is 2.12. The number of aromatic amines is 1. The third-order valence-electron chi connectivity index (χ3n) is 2.07. The highest BCUT2D eigenvalue weighted by atomic mass is 16.1. The molecule has 0 aromatic carbocycles. The summed E-state index contributed by atoms with van der Waals surface area (Å²) in [7, 11) is 0. The lowest BCUT2D eigenvalue weighted by Gasteiger charge is -2.15. The van der Waals surface area contributed by atoms with Crippen LogP contribution in [-0.4, -0.2) is 22.6 Å². The molecule has 0 saturated heterocycles. The van der Waals surface area contributed by atoms with Crippen molar-refractivity contribution in [1.82, 2.24) is 15.5 Å². The highest BCUT2D eigenvalue weighted by Crippen LogP contribution is 2.11. The Hall–Kier alpha value is -1.83. The van der Waals surface area contributed by atoms with E-state index in [1.165, 1.54) is 6.20 Å². The zero-order valence-corrected chi connectivity index (χ0v) is 9.09. The number of nitriles is 1. The summed E-state index contributed by atoms with van der Waals surface area (Å²) in [5, 5.41) is 17.9. The lowest BCUT2D eigenvalue weighted by atomic mass is 9.96. The first kappa shape index (κ1) is 11.2. The van der Waals surface area contributed by atoms with Crippen LogP contribution >= 0.6 is 0 Å². The Morgan fingerprint density at radius 2 is 2.40 bits per heavy atom. The van der Waals surface area contributed by atoms with E-state index in [4.69, 9.17) is 5.26 Å². The Balaban J connectivity index is 2.59. The van der Waals surface area contributed by atoms with Gasteiger partial charge in [0, 0.05) is 12.2 Å². The highest BCUT2D eigenvalue weighted by Gasteiger charge is 2.19. The SMILES string of the molecule is Cc1[nH]ncc1C(=O)NCC(C)(C)C#N. The van der Waals surface area contributed by atoms with Crippen molar-refractivity contribution in [3.63, 3.8) is 0 Å². The maximum absolute atomic E-state index is 11.6. The van der Waals surface area contributed by atoms with Gasteiger partial charge in [0.15, 0.2) is 0 Å². The second kappa shape index (κ2) is 4.13. The predicted octanol–water partition coefficient (Wildman–Crippen LogP) is 0.998. The van der Waals surface area contributed by atoms with Crippen LogP contribution in [0.3, 0.4) is 0 Å². The summed E-state index contributed by atoms with van der Waals surface area (Å²) in [6.45, 7) is 5.65. The molecule has 1 aromatic rings. The zero-order chi connectivity index (χ0) is 11.5. The van der Waals surface area contributed by atoms with Crippen LogP contribution < -0.4 is 5.32 Å². The third-order valence-corrected chi connectivity index (χ3v) is 2.07. The van der Waals surface area contributed by atoms with Gasteiger partial charge in [-0.2, -0.15) is 10.4 Å². The van der Waals surface area contributed by atoms with Crippen LogP contribution in [0.2, 0.25) is 0 Å². The largest absolute Gasteiger partial charge is 0.350 e. The van der Waals surface area contributed by atoms with Gasteiger partial charge in [0.2, 0.25) is 0 Å². The summed E-state index contributed by atoms with van der Waals surface area (Å²) in [5.74, 6) is -0.204. The number of H-pyrrole nitrogens is 1. The number of amides is 1. The first-order chi connectivity index (χ1) is 6.96. The highest BCUT2D eigenvalue weighted by molar-refractivity contribution is 5.94. The quantitative estimate of drug-likeness (QED) is 0.774. The molecule has 0 atom stereocenters. The van der Waals surface area contributed by atoms with Gasteiger partial charge in [-0.1, -0.05) is 0 Å². The van der Waals surface area contributed by atoms with Gasteiger partial charge in [0.25, 0.3) is 5.91 Å². The van der Waals surface area contributed by atoms with Gasteiger partial charge < -0.3 is 5.32 Å². The average Bonchev–Trinajstić information content (AvgIpc) is 2.61. The predicted molar refractivity (Wildman–Crippen MR) is 55.1 cm³/mol. The monoisotopic (exact) mass is 206 g/mol. The first-order valence-corrected chi connectivity index (χ1v) is 4.66. The lowest BCUT2D eigenvalue weighted by Crippen LogP contribution is -2.33. The molecule has 1 heterocycles. The molecule has 5 nitrogen and oxygen atoms in total. The number of hydrogen-bond donors (Lipinski definition) is 2. The van der Waals surface area contributed by atoms with Crippen LogP contribution in [0.25, 0.3) is 0 Å². The number of rotatable bonds is 3. The maximum atomic E-state index is 11.6. The van der Waals surface area contributed by atoms with Gasteiger partial charge in [0.05, 0.1) is 23.2 Å². The van der Waals surface area contributed by atoms with E-state index in [1.54, 1.807) is 20.8 Å². The molecule has 0 aliphatic carbocycles. The molecule has 0 radical (unpaired) electrons. The Bertz CT molecular complexity index is 400. The Kier molecular flexibility index (Phi) is 3.10. The first-order valence-electron chi connectivity index (χ1n) is 4.66. The van der Waals surface area contributed by atoms with Gasteiger partial charge in [-0.3, -0.25) is 9.89 Å². The van der Waals surface area contributed by atoms with Crippen molar-refractivity contribution in [2.45, 2.75) is 20.8 Å².